The summed E-state index contributed by atoms with van der Waals surface area (Å²) in [6.07, 6.45) is 0. The molecule has 1 amide bonds. The molecule has 1 aliphatic rings. The minimum absolute atomic E-state index is 0.0365. The normalized spacial score (nSPS) is 13.3. The van der Waals surface area contributed by atoms with Crippen LogP contribution in [0.5, 0.6) is 5.75 Å². The van der Waals surface area contributed by atoms with Crippen LogP contribution in [0.15, 0.2) is 77.9 Å². The number of benzene rings is 4. The lowest BCUT2D eigenvalue weighted by atomic mass is 10.0. The van der Waals surface area contributed by atoms with Crippen molar-refractivity contribution in [1.29, 1.82) is 0 Å². The minimum atomic E-state index is -1.44. The maximum absolute atomic E-state index is 13.9. The molecule has 1 heterocycles. The number of halogens is 1. The highest BCUT2D eigenvalue weighted by Crippen LogP contribution is 2.39. The number of carboxylic acid groups (broad SMARTS) is 1. The van der Waals surface area contributed by atoms with E-state index < -0.39 is 29.2 Å². The number of carboxylic acids is 1. The molecule has 1 aliphatic heterocycles. The minimum Gasteiger partial charge on any atom is -0.505 e. The first-order valence-corrected chi connectivity index (χ1v) is 12.4. The molecule has 0 aromatic heterocycles. The molecule has 0 bridgehead atoms. The molecule has 0 saturated carbocycles. The van der Waals surface area contributed by atoms with Gasteiger partial charge in [-0.1, -0.05) is 24.3 Å². The van der Waals surface area contributed by atoms with Crippen LogP contribution in [0, 0.1) is 19.7 Å². The van der Waals surface area contributed by atoms with Crippen LogP contribution in [0.25, 0.3) is 11.1 Å². The molecule has 0 aliphatic carbocycles. The number of aryl methyl sites for hydroxylation is 2. The third-order valence-corrected chi connectivity index (χ3v) is 6.90. The first-order chi connectivity index (χ1) is 19.6. The Morgan fingerprint density at radius 3 is 2.44 bits per heavy atom. The second kappa shape index (κ2) is 10.6. The van der Waals surface area contributed by atoms with Gasteiger partial charge >= 0.3 is 11.9 Å². The highest BCUT2D eigenvalue weighted by molar-refractivity contribution is 6.55. The number of fused-ring (bicyclic) bond motifs is 1. The highest BCUT2D eigenvalue weighted by atomic mass is 19.1. The van der Waals surface area contributed by atoms with E-state index in [1.165, 1.54) is 30.2 Å². The van der Waals surface area contributed by atoms with E-state index in [0.29, 0.717) is 16.9 Å². The number of carbonyl (C=O) groups excluding carboxylic acids is 2. The Morgan fingerprint density at radius 2 is 1.73 bits per heavy atom. The van der Waals surface area contributed by atoms with E-state index in [-0.39, 0.29) is 33.8 Å². The molecule has 0 spiro atoms. The Morgan fingerprint density at radius 1 is 0.951 bits per heavy atom. The number of hydrazone groups is 1. The zero-order chi connectivity index (χ0) is 29.4. The zero-order valence-corrected chi connectivity index (χ0v) is 22.2. The smallest absolute Gasteiger partial charge is 0.338 e. The van der Waals surface area contributed by atoms with Crippen molar-refractivity contribution in [1.82, 2.24) is 0 Å². The number of phenolic OH excluding ortho intramolecular Hbond substituents is 1. The first kappa shape index (κ1) is 27.1. The molecule has 9 nitrogen and oxygen atoms in total. The number of phenols is 1. The number of rotatable bonds is 6. The van der Waals surface area contributed by atoms with E-state index in [9.17, 15) is 29.0 Å². The number of anilines is 3. The van der Waals surface area contributed by atoms with E-state index in [1.54, 1.807) is 30.3 Å². The van der Waals surface area contributed by atoms with E-state index in [4.69, 9.17) is 4.74 Å². The van der Waals surface area contributed by atoms with Gasteiger partial charge in [0, 0.05) is 16.8 Å². The van der Waals surface area contributed by atoms with Crippen LogP contribution in [-0.4, -0.2) is 40.9 Å². The van der Waals surface area contributed by atoms with Crippen molar-refractivity contribution in [2.75, 3.05) is 17.4 Å². The quantitative estimate of drug-likeness (QED) is 0.157. The topological polar surface area (TPSA) is 129 Å². The number of methoxy groups -OCH3 is 1. The fourth-order valence-corrected chi connectivity index (χ4v) is 4.56. The maximum atomic E-state index is 13.9. The molecule has 0 unspecified atom stereocenters. The summed E-state index contributed by atoms with van der Waals surface area (Å²) >= 11 is 0. The lowest BCUT2D eigenvalue weighted by Crippen LogP contribution is -2.26. The van der Waals surface area contributed by atoms with Gasteiger partial charge in [0.25, 0.3) is 5.91 Å². The number of nitrogens with zero attached hydrogens (tertiary/aromatic N) is 2. The fourth-order valence-electron chi connectivity index (χ4n) is 4.56. The molecule has 3 N–H and O–H groups in total. The molecule has 0 fully saturated rings. The summed E-state index contributed by atoms with van der Waals surface area (Å²) in [5, 5.41) is 24.6. The number of nitrogens with one attached hydrogen (secondary N) is 1. The first-order valence-electron chi connectivity index (χ1n) is 12.4. The van der Waals surface area contributed by atoms with Gasteiger partial charge in [0.15, 0.2) is 5.71 Å². The fraction of sp³-hybridized carbons (Fsp3) is 0.0968. The molecule has 10 heteroatoms. The average Bonchev–Trinajstić information content (AvgIpc) is 3.23. The molecule has 0 saturated heterocycles. The van der Waals surface area contributed by atoms with Crippen LogP contribution in [0.1, 0.15) is 37.4 Å². The second-order valence-electron chi connectivity index (χ2n) is 9.41. The summed E-state index contributed by atoms with van der Waals surface area (Å²) < 4.78 is 18.8. The van der Waals surface area contributed by atoms with Crippen LogP contribution >= 0.6 is 0 Å². The average molecular weight is 554 g/mol. The Hall–Kier alpha value is -5.51. The van der Waals surface area contributed by atoms with Gasteiger partial charge in [-0.15, -0.1) is 0 Å². The van der Waals surface area contributed by atoms with Crippen LogP contribution in [-0.2, 0) is 9.53 Å². The summed E-state index contributed by atoms with van der Waals surface area (Å²) in [5.74, 6) is -3.64. The number of carbonyl (C=O) groups is 3. The Balaban J connectivity index is 1.56. The zero-order valence-electron chi connectivity index (χ0n) is 22.2. The maximum Gasteiger partial charge on any atom is 0.338 e. The standard InChI is InChI=1S/C31H24FN3O6/c1-16-7-10-20(13-17(16)2)35-26-15-19(31(40)41-3)8-11-22(26)27(29(35)37)34-33-25-6-4-5-21(28(25)36)18-9-12-24(32)23(14-18)30(38)39/h4-15,33,36H,1-3H3,(H,38,39). The predicted octanol–water partition coefficient (Wildman–Crippen LogP) is 5.79. The van der Waals surface area contributed by atoms with Crippen molar-refractivity contribution in [3.63, 3.8) is 0 Å². The molecular weight excluding hydrogens is 529 g/mol. The Kier molecular flexibility index (Phi) is 6.98. The molecule has 206 valence electrons. The van der Waals surface area contributed by atoms with Gasteiger partial charge in [0.05, 0.1) is 29.6 Å². The number of ether oxygens (including phenoxy) is 1. The van der Waals surface area contributed by atoms with Gasteiger partial charge in [-0.25, -0.2) is 14.0 Å². The third-order valence-electron chi connectivity index (χ3n) is 6.90. The predicted molar refractivity (Wildman–Crippen MR) is 151 cm³/mol. The van der Waals surface area contributed by atoms with Crippen molar-refractivity contribution in [3.05, 3.63) is 106 Å². The molecule has 4 aromatic rings. The van der Waals surface area contributed by atoms with E-state index in [1.807, 2.05) is 26.0 Å². The summed E-state index contributed by atoms with van der Waals surface area (Å²) in [6.45, 7) is 3.89. The number of hydrogen-bond donors (Lipinski definition) is 3. The van der Waals surface area contributed by atoms with E-state index >= 15 is 0 Å². The number of amides is 1. The van der Waals surface area contributed by atoms with E-state index in [2.05, 4.69) is 10.5 Å². The monoisotopic (exact) mass is 553 g/mol. The lowest BCUT2D eigenvalue weighted by Gasteiger charge is -2.18. The molecular formula is C31H24FN3O6. The third kappa shape index (κ3) is 4.87. The van der Waals surface area contributed by atoms with Crippen LogP contribution in [0.4, 0.5) is 21.5 Å². The highest BCUT2D eigenvalue weighted by Gasteiger charge is 2.36. The largest absolute Gasteiger partial charge is 0.505 e. The van der Waals surface area contributed by atoms with Crippen LogP contribution < -0.4 is 10.3 Å². The van der Waals surface area contributed by atoms with Gasteiger partial charge < -0.3 is 14.9 Å². The summed E-state index contributed by atoms with van der Waals surface area (Å²) in [5.41, 5.74) is 6.62. The van der Waals surface area contributed by atoms with Gasteiger partial charge in [0.2, 0.25) is 0 Å². The van der Waals surface area contributed by atoms with Crippen molar-refractivity contribution < 1.29 is 33.7 Å². The van der Waals surface area contributed by atoms with E-state index in [0.717, 1.165) is 23.3 Å². The Bertz CT molecular complexity index is 1780. The number of esters is 1. The Labute approximate surface area is 234 Å². The van der Waals surface area contributed by atoms with Gasteiger partial charge in [-0.2, -0.15) is 5.10 Å². The SMILES string of the molecule is COC(=O)c1ccc2c(c1)N(c1ccc(C)c(C)c1)C(=O)C2=NNc1cccc(-c2ccc(F)c(C(=O)O)c2)c1O. The molecule has 5 rings (SSSR count). The molecule has 4 aromatic carbocycles. The number of para-hydroxylation sites is 1. The second-order valence-corrected chi connectivity index (χ2v) is 9.41. The van der Waals surface area contributed by atoms with Crippen molar-refractivity contribution in [3.8, 4) is 16.9 Å². The summed E-state index contributed by atoms with van der Waals surface area (Å²) in [4.78, 5) is 38.8. The van der Waals surface area contributed by atoms with Gasteiger partial charge in [-0.3, -0.25) is 15.1 Å². The summed E-state index contributed by atoms with van der Waals surface area (Å²) in [7, 11) is 1.27. The number of aromatic hydroxyl groups is 1. The van der Waals surface area contributed by atoms with Crippen LogP contribution in [0.2, 0.25) is 0 Å². The lowest BCUT2D eigenvalue weighted by molar-refractivity contribution is -0.111. The van der Waals surface area contributed by atoms with Gasteiger partial charge in [-0.05, 0) is 79.1 Å². The van der Waals surface area contributed by atoms with Crippen molar-refractivity contribution in [2.24, 2.45) is 5.10 Å². The van der Waals surface area contributed by atoms with Crippen LogP contribution in [0.3, 0.4) is 0 Å². The van der Waals surface area contributed by atoms with Crippen molar-refractivity contribution in [2.45, 2.75) is 13.8 Å². The molecule has 41 heavy (non-hydrogen) atoms. The van der Waals surface area contributed by atoms with Crippen molar-refractivity contribution >= 4 is 40.6 Å². The number of aromatic carboxylic acids is 1. The molecule has 0 atom stereocenters. The van der Waals surface area contributed by atoms with Gasteiger partial charge in [0.1, 0.15) is 11.6 Å². The summed E-state index contributed by atoms with van der Waals surface area (Å²) in [6, 6.07) is 18.4. The molecule has 0 radical (unpaired) electrons. The number of hydrogen-bond acceptors (Lipinski definition) is 7.